The molecule has 0 aliphatic carbocycles. The largest absolute Gasteiger partial charge is 0.494 e. The van der Waals surface area contributed by atoms with Gasteiger partial charge in [-0.3, -0.25) is 9.59 Å². The molecule has 0 saturated carbocycles. The first-order valence-corrected chi connectivity index (χ1v) is 12.6. The van der Waals surface area contributed by atoms with E-state index in [1.54, 1.807) is 54.6 Å². The number of benzene rings is 3. The van der Waals surface area contributed by atoms with Gasteiger partial charge in [0.1, 0.15) is 11.5 Å². The molecule has 0 aromatic heterocycles. The van der Waals surface area contributed by atoms with Crippen LogP contribution in [0.5, 0.6) is 11.5 Å². The van der Waals surface area contributed by atoms with Crippen LogP contribution in [0.4, 0.5) is 0 Å². The van der Waals surface area contributed by atoms with Gasteiger partial charge in [0.25, 0.3) is 11.8 Å². The zero-order valence-electron chi connectivity index (χ0n) is 20.6. The number of nitrogens with zero attached hydrogens (tertiary/aromatic N) is 1. The molecule has 0 aliphatic rings. The second kappa shape index (κ2) is 13.9. The molecule has 0 saturated heterocycles. The Labute approximate surface area is 224 Å². The maximum atomic E-state index is 12.5. The standard InChI is InChI=1S/C28H28BrN3O5/c1-3-4-15-36-24-12-9-20(10-13-24)27(34)30-18-26(33)32-31-17-22-16-23(29)11-14-25(22)37-28(35)21-7-5-19(2)6-8-21/h5-14,16-17H,3-4,15,18H2,1-2H3,(H,30,34)(H,32,33). The lowest BCUT2D eigenvalue weighted by Crippen LogP contribution is -2.34. The number of carbonyl (C=O) groups is 3. The van der Waals surface area contributed by atoms with Crippen molar-refractivity contribution in [3.05, 3.63) is 93.5 Å². The van der Waals surface area contributed by atoms with Crippen LogP contribution in [0.15, 0.2) is 76.3 Å². The van der Waals surface area contributed by atoms with Gasteiger partial charge in [0.05, 0.1) is 24.9 Å². The summed E-state index contributed by atoms with van der Waals surface area (Å²) < 4.78 is 11.8. The Kier molecular flexibility index (Phi) is 10.4. The van der Waals surface area contributed by atoms with Gasteiger partial charge in [0.2, 0.25) is 0 Å². The molecule has 2 amide bonds. The summed E-state index contributed by atoms with van der Waals surface area (Å²) in [6, 6.07) is 18.8. The smallest absolute Gasteiger partial charge is 0.343 e. The quantitative estimate of drug-likeness (QED) is 0.111. The fourth-order valence-corrected chi connectivity index (χ4v) is 3.45. The second-order valence-electron chi connectivity index (χ2n) is 8.14. The van der Waals surface area contributed by atoms with Crippen LogP contribution in [-0.4, -0.2) is 37.1 Å². The zero-order chi connectivity index (χ0) is 26.6. The molecular formula is C28H28BrN3O5. The van der Waals surface area contributed by atoms with E-state index in [0.717, 1.165) is 22.9 Å². The Balaban J connectivity index is 1.52. The molecule has 0 heterocycles. The molecule has 2 N–H and O–H groups in total. The number of unbranched alkanes of at least 4 members (excludes halogenated alkanes) is 1. The summed E-state index contributed by atoms with van der Waals surface area (Å²) in [4.78, 5) is 37.0. The Morgan fingerprint density at radius 1 is 0.973 bits per heavy atom. The van der Waals surface area contributed by atoms with Crippen molar-refractivity contribution >= 4 is 39.9 Å². The van der Waals surface area contributed by atoms with Crippen molar-refractivity contribution in [3.63, 3.8) is 0 Å². The molecule has 0 aliphatic heterocycles. The van der Waals surface area contributed by atoms with Gasteiger partial charge in [-0.05, 0) is 67.9 Å². The van der Waals surface area contributed by atoms with E-state index in [0.29, 0.717) is 29.0 Å². The number of esters is 1. The van der Waals surface area contributed by atoms with E-state index in [1.165, 1.54) is 6.21 Å². The highest BCUT2D eigenvalue weighted by atomic mass is 79.9. The van der Waals surface area contributed by atoms with Crippen molar-refractivity contribution < 1.29 is 23.9 Å². The third-order valence-electron chi connectivity index (χ3n) is 5.15. The van der Waals surface area contributed by atoms with E-state index in [2.05, 4.69) is 38.7 Å². The molecule has 8 nitrogen and oxygen atoms in total. The Morgan fingerprint density at radius 3 is 2.38 bits per heavy atom. The van der Waals surface area contributed by atoms with Crippen molar-refractivity contribution in [1.29, 1.82) is 0 Å². The highest BCUT2D eigenvalue weighted by Gasteiger charge is 2.12. The fraction of sp³-hybridized carbons (Fsp3) is 0.214. The lowest BCUT2D eigenvalue weighted by Gasteiger charge is -2.09. The first-order valence-electron chi connectivity index (χ1n) is 11.8. The van der Waals surface area contributed by atoms with E-state index in [9.17, 15) is 14.4 Å². The van der Waals surface area contributed by atoms with Crippen molar-refractivity contribution in [2.45, 2.75) is 26.7 Å². The van der Waals surface area contributed by atoms with Crippen LogP contribution in [0.1, 0.15) is 51.6 Å². The number of hydrazone groups is 1. The summed E-state index contributed by atoms with van der Waals surface area (Å²) in [6.07, 6.45) is 3.36. The number of halogens is 1. The molecule has 0 radical (unpaired) electrons. The molecule has 192 valence electrons. The van der Waals surface area contributed by atoms with E-state index >= 15 is 0 Å². The van der Waals surface area contributed by atoms with Crippen LogP contribution in [-0.2, 0) is 4.79 Å². The number of rotatable bonds is 11. The Bertz CT molecular complexity index is 1260. The molecule has 0 spiro atoms. The van der Waals surface area contributed by atoms with Gasteiger partial charge in [-0.1, -0.05) is 47.0 Å². The van der Waals surface area contributed by atoms with E-state index in [4.69, 9.17) is 9.47 Å². The van der Waals surface area contributed by atoms with Crippen LogP contribution in [0.25, 0.3) is 0 Å². The van der Waals surface area contributed by atoms with Crippen LogP contribution >= 0.6 is 15.9 Å². The summed E-state index contributed by atoms with van der Waals surface area (Å²) >= 11 is 3.37. The van der Waals surface area contributed by atoms with Crippen molar-refractivity contribution in [3.8, 4) is 11.5 Å². The summed E-state index contributed by atoms with van der Waals surface area (Å²) in [7, 11) is 0. The van der Waals surface area contributed by atoms with Crippen LogP contribution in [0, 0.1) is 6.92 Å². The second-order valence-corrected chi connectivity index (χ2v) is 9.06. The molecule has 37 heavy (non-hydrogen) atoms. The van der Waals surface area contributed by atoms with Crippen LogP contribution < -0.4 is 20.2 Å². The van der Waals surface area contributed by atoms with Crippen LogP contribution in [0.3, 0.4) is 0 Å². The molecule has 0 bridgehead atoms. The zero-order valence-corrected chi connectivity index (χ0v) is 22.2. The average molecular weight is 566 g/mol. The molecule has 3 rings (SSSR count). The first-order chi connectivity index (χ1) is 17.9. The number of ether oxygens (including phenoxy) is 2. The number of aryl methyl sites for hydroxylation is 1. The summed E-state index contributed by atoms with van der Waals surface area (Å²) in [5, 5.41) is 6.47. The van der Waals surface area contributed by atoms with Gasteiger partial charge in [0, 0.05) is 15.6 Å². The maximum Gasteiger partial charge on any atom is 0.343 e. The number of carbonyl (C=O) groups excluding carboxylic acids is 3. The van der Waals surface area contributed by atoms with Gasteiger partial charge in [-0.25, -0.2) is 10.2 Å². The van der Waals surface area contributed by atoms with E-state index < -0.39 is 17.8 Å². The minimum Gasteiger partial charge on any atom is -0.494 e. The summed E-state index contributed by atoms with van der Waals surface area (Å²) in [5.41, 5.74) is 4.69. The van der Waals surface area contributed by atoms with Crippen molar-refractivity contribution in [2.24, 2.45) is 5.10 Å². The van der Waals surface area contributed by atoms with E-state index in [-0.39, 0.29) is 12.3 Å². The predicted molar refractivity (Wildman–Crippen MR) is 145 cm³/mol. The lowest BCUT2D eigenvalue weighted by molar-refractivity contribution is -0.120. The molecule has 0 atom stereocenters. The number of nitrogens with one attached hydrogen (secondary N) is 2. The molecule has 9 heteroatoms. The highest BCUT2D eigenvalue weighted by Crippen LogP contribution is 2.23. The first kappa shape index (κ1) is 27.6. The minimum absolute atomic E-state index is 0.265. The Hall–Kier alpha value is -3.98. The van der Waals surface area contributed by atoms with Gasteiger partial charge in [0.15, 0.2) is 0 Å². The van der Waals surface area contributed by atoms with Crippen molar-refractivity contribution in [1.82, 2.24) is 10.7 Å². The molecule has 3 aromatic rings. The molecule has 3 aromatic carbocycles. The van der Waals surface area contributed by atoms with Crippen molar-refractivity contribution in [2.75, 3.05) is 13.2 Å². The van der Waals surface area contributed by atoms with Gasteiger partial charge in [-0.2, -0.15) is 5.10 Å². The summed E-state index contributed by atoms with van der Waals surface area (Å²) in [6.45, 7) is 4.37. The topological polar surface area (TPSA) is 106 Å². The van der Waals surface area contributed by atoms with Gasteiger partial charge < -0.3 is 14.8 Å². The predicted octanol–water partition coefficient (Wildman–Crippen LogP) is 5.04. The third kappa shape index (κ3) is 8.88. The fourth-order valence-electron chi connectivity index (χ4n) is 3.07. The average Bonchev–Trinajstić information content (AvgIpc) is 2.89. The maximum absolute atomic E-state index is 12.5. The monoisotopic (exact) mass is 565 g/mol. The van der Waals surface area contributed by atoms with Crippen LogP contribution in [0.2, 0.25) is 0 Å². The molecule has 0 unspecified atom stereocenters. The number of amides is 2. The third-order valence-corrected chi connectivity index (χ3v) is 5.64. The summed E-state index contributed by atoms with van der Waals surface area (Å²) in [5.74, 6) is -0.450. The van der Waals surface area contributed by atoms with E-state index in [1.807, 2.05) is 19.1 Å². The Morgan fingerprint density at radius 2 is 1.68 bits per heavy atom. The highest BCUT2D eigenvalue weighted by molar-refractivity contribution is 9.10. The van der Waals surface area contributed by atoms with Gasteiger partial charge in [-0.15, -0.1) is 0 Å². The molecule has 0 fully saturated rings. The molecular weight excluding hydrogens is 538 g/mol. The van der Waals surface area contributed by atoms with Gasteiger partial charge >= 0.3 is 5.97 Å². The minimum atomic E-state index is -0.516. The normalized spacial score (nSPS) is 10.7. The number of hydrogen-bond donors (Lipinski definition) is 2. The lowest BCUT2D eigenvalue weighted by atomic mass is 10.1. The SMILES string of the molecule is CCCCOc1ccc(C(=O)NCC(=O)NN=Cc2cc(Br)ccc2OC(=O)c2ccc(C)cc2)cc1. The number of hydrogen-bond acceptors (Lipinski definition) is 6.